The molecule has 7 heteroatoms. The van der Waals surface area contributed by atoms with Gasteiger partial charge in [0.2, 0.25) is 0 Å². The van der Waals surface area contributed by atoms with Gasteiger partial charge in [-0.3, -0.25) is 9.59 Å². The fraction of sp³-hybridized carbons (Fsp3) is 0.441. The Balaban J connectivity index is 1.41. The summed E-state index contributed by atoms with van der Waals surface area (Å²) in [5, 5.41) is 18.9. The Kier molecular flexibility index (Phi) is 13.9. The molecule has 1 aromatic heterocycles. The summed E-state index contributed by atoms with van der Waals surface area (Å²) in [6, 6.07) is 21.5. The van der Waals surface area contributed by atoms with Crippen LogP contribution in [0.5, 0.6) is 0 Å². The molecule has 41 heavy (non-hydrogen) atoms. The van der Waals surface area contributed by atoms with Crippen molar-refractivity contribution in [2.75, 3.05) is 25.5 Å². The summed E-state index contributed by atoms with van der Waals surface area (Å²) in [5.74, 6) is -0.230. The van der Waals surface area contributed by atoms with E-state index < -0.39 is 12.0 Å². The lowest BCUT2D eigenvalue weighted by atomic mass is 9.99. The molecule has 220 valence electrons. The molecular formula is C34H46N4O3. The van der Waals surface area contributed by atoms with Gasteiger partial charge >= 0.3 is 5.97 Å². The molecule has 0 bridgehead atoms. The van der Waals surface area contributed by atoms with Gasteiger partial charge in [0.15, 0.2) is 0 Å². The van der Waals surface area contributed by atoms with Crippen LogP contribution >= 0.6 is 0 Å². The Morgan fingerprint density at radius 3 is 2.00 bits per heavy atom. The minimum Gasteiger partial charge on any atom is -0.481 e. The summed E-state index contributed by atoms with van der Waals surface area (Å²) in [7, 11) is 1.97. The number of aliphatic carboxylic acids is 1. The first-order valence-corrected chi connectivity index (χ1v) is 14.9. The van der Waals surface area contributed by atoms with E-state index in [1.54, 1.807) is 0 Å². The molecule has 1 atom stereocenters. The van der Waals surface area contributed by atoms with Crippen LogP contribution in [0, 0.1) is 6.92 Å². The zero-order chi connectivity index (χ0) is 29.3. The van der Waals surface area contributed by atoms with Crippen molar-refractivity contribution in [1.82, 2.24) is 15.6 Å². The Bertz CT molecular complexity index is 1200. The second-order valence-electron chi connectivity index (χ2n) is 10.8. The Morgan fingerprint density at radius 2 is 1.39 bits per heavy atom. The summed E-state index contributed by atoms with van der Waals surface area (Å²) >= 11 is 0. The number of carboxylic acids is 1. The summed E-state index contributed by atoms with van der Waals surface area (Å²) in [5.41, 5.74) is 5.07. The van der Waals surface area contributed by atoms with Crippen LogP contribution in [-0.4, -0.2) is 48.1 Å². The first kappa shape index (κ1) is 31.8. The van der Waals surface area contributed by atoms with Crippen molar-refractivity contribution < 1.29 is 14.7 Å². The minimum absolute atomic E-state index is 0.121. The second-order valence-corrected chi connectivity index (χ2v) is 10.8. The number of hydrogen-bond acceptors (Lipinski definition) is 5. The Labute approximate surface area is 245 Å². The van der Waals surface area contributed by atoms with Crippen LogP contribution in [-0.2, 0) is 24.1 Å². The quantitative estimate of drug-likeness (QED) is 0.135. The molecule has 3 aromatic rings. The van der Waals surface area contributed by atoms with Gasteiger partial charge in [-0.2, -0.15) is 0 Å². The Morgan fingerprint density at radius 1 is 0.780 bits per heavy atom. The fourth-order valence-corrected chi connectivity index (χ4v) is 4.90. The SMILES string of the molecule is CNCCCCCc1ccc(C(=O)NC(CC(=O)O)Cc2ccc(CCCCCNc3cccc(C)n3)cc2)cc1. The number of carbonyl (C=O) groups is 2. The van der Waals surface area contributed by atoms with Crippen LogP contribution in [0.2, 0.25) is 0 Å². The molecule has 1 unspecified atom stereocenters. The molecule has 0 aliphatic heterocycles. The average molecular weight is 559 g/mol. The van der Waals surface area contributed by atoms with E-state index in [1.807, 2.05) is 68.6 Å². The summed E-state index contributed by atoms with van der Waals surface area (Å²) < 4.78 is 0. The van der Waals surface area contributed by atoms with E-state index in [0.717, 1.165) is 75.1 Å². The number of pyridine rings is 1. The normalized spacial score (nSPS) is 11.7. The number of nitrogens with zero attached hydrogens (tertiary/aromatic N) is 1. The number of amides is 1. The third-order valence-corrected chi connectivity index (χ3v) is 7.21. The third-order valence-electron chi connectivity index (χ3n) is 7.21. The maximum absolute atomic E-state index is 12.9. The van der Waals surface area contributed by atoms with Gasteiger partial charge < -0.3 is 21.1 Å². The van der Waals surface area contributed by atoms with Crippen molar-refractivity contribution in [1.29, 1.82) is 0 Å². The molecule has 2 aromatic carbocycles. The van der Waals surface area contributed by atoms with E-state index in [4.69, 9.17) is 0 Å². The zero-order valence-electron chi connectivity index (χ0n) is 24.6. The first-order valence-electron chi connectivity index (χ1n) is 14.9. The number of carbonyl (C=O) groups excluding carboxylic acids is 1. The molecule has 0 aliphatic rings. The van der Waals surface area contributed by atoms with Gasteiger partial charge in [-0.15, -0.1) is 0 Å². The molecule has 1 heterocycles. The topological polar surface area (TPSA) is 103 Å². The highest BCUT2D eigenvalue weighted by molar-refractivity contribution is 5.94. The molecule has 0 spiro atoms. The zero-order valence-corrected chi connectivity index (χ0v) is 24.6. The van der Waals surface area contributed by atoms with Crippen LogP contribution in [0.1, 0.15) is 77.7 Å². The predicted molar refractivity (Wildman–Crippen MR) is 167 cm³/mol. The van der Waals surface area contributed by atoms with Crippen LogP contribution in [0.25, 0.3) is 0 Å². The maximum Gasteiger partial charge on any atom is 0.305 e. The smallest absolute Gasteiger partial charge is 0.305 e. The largest absolute Gasteiger partial charge is 0.481 e. The van der Waals surface area contributed by atoms with Crippen molar-refractivity contribution in [3.8, 4) is 0 Å². The van der Waals surface area contributed by atoms with Gasteiger partial charge in [0.05, 0.1) is 6.42 Å². The predicted octanol–water partition coefficient (Wildman–Crippen LogP) is 5.96. The third kappa shape index (κ3) is 12.6. The van der Waals surface area contributed by atoms with Gasteiger partial charge in [-0.1, -0.05) is 55.3 Å². The van der Waals surface area contributed by atoms with Gasteiger partial charge in [0.1, 0.15) is 5.82 Å². The molecule has 0 saturated heterocycles. The molecule has 1 amide bonds. The van der Waals surface area contributed by atoms with Gasteiger partial charge in [0, 0.05) is 23.8 Å². The van der Waals surface area contributed by atoms with Crippen molar-refractivity contribution in [2.24, 2.45) is 0 Å². The second kappa shape index (κ2) is 17.9. The lowest BCUT2D eigenvalue weighted by Gasteiger charge is -2.18. The number of hydrogen-bond donors (Lipinski definition) is 4. The van der Waals surface area contributed by atoms with Crippen LogP contribution in [0.3, 0.4) is 0 Å². The number of aryl methyl sites for hydroxylation is 3. The van der Waals surface area contributed by atoms with E-state index in [0.29, 0.717) is 12.0 Å². The molecule has 7 nitrogen and oxygen atoms in total. The number of benzene rings is 2. The molecule has 3 rings (SSSR count). The molecule has 0 aliphatic carbocycles. The fourth-order valence-electron chi connectivity index (χ4n) is 4.90. The highest BCUT2D eigenvalue weighted by Crippen LogP contribution is 2.14. The summed E-state index contributed by atoms with van der Waals surface area (Å²) in [4.78, 5) is 28.9. The average Bonchev–Trinajstić information content (AvgIpc) is 2.95. The Hall–Kier alpha value is -3.71. The molecule has 0 saturated carbocycles. The van der Waals surface area contributed by atoms with E-state index in [9.17, 15) is 14.7 Å². The highest BCUT2D eigenvalue weighted by Gasteiger charge is 2.18. The van der Waals surface area contributed by atoms with Crippen molar-refractivity contribution in [2.45, 2.75) is 77.2 Å². The lowest BCUT2D eigenvalue weighted by Crippen LogP contribution is -2.38. The van der Waals surface area contributed by atoms with E-state index >= 15 is 0 Å². The molecular weight excluding hydrogens is 512 g/mol. The van der Waals surface area contributed by atoms with Gasteiger partial charge in [0.25, 0.3) is 5.91 Å². The maximum atomic E-state index is 12.9. The minimum atomic E-state index is -0.923. The highest BCUT2D eigenvalue weighted by atomic mass is 16.4. The van der Waals surface area contributed by atoms with Crippen molar-refractivity contribution in [3.05, 3.63) is 94.7 Å². The van der Waals surface area contributed by atoms with Crippen molar-refractivity contribution >= 4 is 17.7 Å². The summed E-state index contributed by atoms with van der Waals surface area (Å²) in [6.45, 7) is 3.94. The van der Waals surface area contributed by atoms with Crippen LogP contribution < -0.4 is 16.0 Å². The number of anilines is 1. The van der Waals surface area contributed by atoms with Crippen LogP contribution in [0.4, 0.5) is 5.82 Å². The van der Waals surface area contributed by atoms with Crippen LogP contribution in [0.15, 0.2) is 66.7 Å². The summed E-state index contributed by atoms with van der Waals surface area (Å²) in [6.07, 6.45) is 9.13. The number of nitrogens with one attached hydrogen (secondary N) is 3. The van der Waals surface area contributed by atoms with E-state index in [2.05, 4.69) is 33.1 Å². The van der Waals surface area contributed by atoms with Gasteiger partial charge in [-0.25, -0.2) is 4.98 Å². The molecule has 0 radical (unpaired) electrons. The monoisotopic (exact) mass is 558 g/mol. The number of aromatic nitrogens is 1. The number of unbranched alkanes of at least 4 members (excludes halogenated alkanes) is 4. The molecule has 4 N–H and O–H groups in total. The first-order chi connectivity index (χ1) is 19.9. The standard InChI is InChI=1S/C34H46N4O3/c1-26-10-9-13-32(37-26)36-23-8-4-6-11-27-14-16-29(17-15-27)24-31(25-33(39)40)38-34(41)30-20-18-28(19-21-30)12-5-3-7-22-35-2/h9-10,13-21,31,35H,3-8,11-12,22-25H2,1-2H3,(H,36,37)(H,38,41)(H,39,40). The van der Waals surface area contributed by atoms with E-state index in [1.165, 1.54) is 17.5 Å². The molecule has 0 fully saturated rings. The lowest BCUT2D eigenvalue weighted by molar-refractivity contribution is -0.137. The number of rotatable bonds is 19. The van der Waals surface area contributed by atoms with E-state index in [-0.39, 0.29) is 12.3 Å². The number of carboxylic acid groups (broad SMARTS) is 1. The van der Waals surface area contributed by atoms with Crippen molar-refractivity contribution in [3.63, 3.8) is 0 Å². The van der Waals surface area contributed by atoms with Gasteiger partial charge in [-0.05, 0) is 106 Å².